The van der Waals surface area contributed by atoms with Gasteiger partial charge in [0.15, 0.2) is 0 Å². The minimum atomic E-state index is -4.77. The van der Waals surface area contributed by atoms with E-state index in [2.05, 4.69) is 14.7 Å². The van der Waals surface area contributed by atoms with Crippen molar-refractivity contribution in [1.82, 2.24) is 15.3 Å². The van der Waals surface area contributed by atoms with Crippen LogP contribution in [0.25, 0.3) is 11.1 Å². The van der Waals surface area contributed by atoms with Gasteiger partial charge in [-0.15, -0.1) is 13.2 Å². The third-order valence-electron chi connectivity index (χ3n) is 2.75. The highest BCUT2D eigenvalue weighted by Crippen LogP contribution is 2.25. The molecule has 1 N–H and O–H groups in total. The van der Waals surface area contributed by atoms with E-state index in [-0.39, 0.29) is 18.1 Å². The highest BCUT2D eigenvalue weighted by Gasteiger charge is 2.30. The molecule has 0 spiro atoms. The fourth-order valence-electron chi connectivity index (χ4n) is 1.69. The number of hydrogen-bond acceptors (Lipinski definition) is 4. The van der Waals surface area contributed by atoms with Crippen LogP contribution in [0.5, 0.6) is 5.75 Å². The minimum Gasteiger partial charge on any atom is -0.406 e. The monoisotopic (exact) mass is 347 g/mol. The summed E-state index contributed by atoms with van der Waals surface area (Å²) in [5.41, 5.74) is 1.03. The normalized spacial score (nSPS) is 11.4. The van der Waals surface area contributed by atoms with E-state index in [0.29, 0.717) is 11.1 Å². The van der Waals surface area contributed by atoms with Crippen LogP contribution in [0, 0.1) is 0 Å². The number of aromatic nitrogens is 2. The fraction of sp³-hybridized carbons (Fsp3) is 0.214. The van der Waals surface area contributed by atoms with Crippen molar-refractivity contribution in [3.63, 3.8) is 0 Å². The van der Waals surface area contributed by atoms with Crippen molar-refractivity contribution < 1.29 is 31.5 Å². The third-order valence-corrected chi connectivity index (χ3v) is 2.75. The molecule has 1 aromatic carbocycles. The number of benzene rings is 1. The van der Waals surface area contributed by atoms with Crippen LogP contribution >= 0.6 is 0 Å². The predicted molar refractivity (Wildman–Crippen MR) is 72.0 cm³/mol. The molecule has 1 amide bonds. The molecular formula is C14H10F5N3O2. The average molecular weight is 347 g/mol. The Hall–Kier alpha value is -2.78. The molecule has 24 heavy (non-hydrogen) atoms. The van der Waals surface area contributed by atoms with Crippen molar-refractivity contribution in [3.8, 4) is 16.9 Å². The quantitative estimate of drug-likeness (QED) is 0.845. The number of halogens is 5. The molecule has 0 aliphatic carbocycles. The molecule has 2 rings (SSSR count). The minimum absolute atomic E-state index is 0.116. The molecule has 0 saturated heterocycles. The van der Waals surface area contributed by atoms with Crippen molar-refractivity contribution in [2.24, 2.45) is 0 Å². The van der Waals surface area contributed by atoms with Crippen molar-refractivity contribution in [2.45, 2.75) is 19.3 Å². The summed E-state index contributed by atoms with van der Waals surface area (Å²) in [6.45, 7) is -0.262. The van der Waals surface area contributed by atoms with E-state index in [1.165, 1.54) is 24.5 Å². The third kappa shape index (κ3) is 5.14. The number of hydrogen-bond donors (Lipinski definition) is 1. The Balaban J connectivity index is 2.01. The van der Waals surface area contributed by atoms with Crippen LogP contribution in [0.1, 0.15) is 5.82 Å². The highest BCUT2D eigenvalue weighted by molar-refractivity contribution is 5.78. The van der Waals surface area contributed by atoms with Crippen LogP contribution in [0.4, 0.5) is 22.0 Å². The SMILES string of the molecule is O=C(NCc1ncc(-c2ccc(OC(F)(F)F)cc2)cn1)C(F)F. The molecule has 1 aromatic heterocycles. The summed E-state index contributed by atoms with van der Waals surface area (Å²) >= 11 is 0. The fourth-order valence-corrected chi connectivity index (χ4v) is 1.69. The molecule has 0 saturated carbocycles. The van der Waals surface area contributed by atoms with Crippen LogP contribution in [0.15, 0.2) is 36.7 Å². The largest absolute Gasteiger partial charge is 0.573 e. The summed E-state index contributed by atoms with van der Waals surface area (Å²) in [4.78, 5) is 18.5. The van der Waals surface area contributed by atoms with E-state index in [4.69, 9.17) is 0 Å². The molecular weight excluding hydrogens is 337 g/mol. The number of carbonyl (C=O) groups excluding carboxylic acids is 1. The number of alkyl halides is 5. The maximum atomic E-state index is 12.1. The van der Waals surface area contributed by atoms with E-state index in [1.807, 2.05) is 5.32 Å². The lowest BCUT2D eigenvalue weighted by Gasteiger charge is -2.09. The molecule has 0 aliphatic rings. The van der Waals surface area contributed by atoms with Crippen molar-refractivity contribution in [2.75, 3.05) is 0 Å². The lowest BCUT2D eigenvalue weighted by molar-refractivity contribution is -0.274. The number of ether oxygens (including phenoxy) is 1. The van der Waals surface area contributed by atoms with E-state index < -0.39 is 18.7 Å². The maximum Gasteiger partial charge on any atom is 0.573 e. The van der Waals surface area contributed by atoms with E-state index in [9.17, 15) is 26.7 Å². The van der Waals surface area contributed by atoms with Crippen molar-refractivity contribution in [3.05, 3.63) is 42.5 Å². The Kier molecular flexibility index (Phi) is 5.27. The first-order valence-corrected chi connectivity index (χ1v) is 6.47. The molecule has 0 fully saturated rings. The lowest BCUT2D eigenvalue weighted by atomic mass is 10.1. The number of carbonyl (C=O) groups is 1. The molecule has 0 bridgehead atoms. The molecule has 2 aromatic rings. The van der Waals surface area contributed by atoms with Gasteiger partial charge in [0, 0.05) is 18.0 Å². The second-order valence-corrected chi connectivity index (χ2v) is 4.48. The van der Waals surface area contributed by atoms with E-state index in [1.54, 1.807) is 0 Å². The van der Waals surface area contributed by atoms with Gasteiger partial charge in [0.25, 0.3) is 5.91 Å². The van der Waals surface area contributed by atoms with E-state index in [0.717, 1.165) is 12.1 Å². The molecule has 5 nitrogen and oxygen atoms in total. The molecule has 10 heteroatoms. The maximum absolute atomic E-state index is 12.1. The smallest absolute Gasteiger partial charge is 0.406 e. The Morgan fingerprint density at radius 1 is 1.08 bits per heavy atom. The molecule has 0 radical (unpaired) electrons. The summed E-state index contributed by atoms with van der Waals surface area (Å²) in [6, 6.07) is 5.05. The summed E-state index contributed by atoms with van der Waals surface area (Å²) in [7, 11) is 0. The molecule has 0 aliphatic heterocycles. The lowest BCUT2D eigenvalue weighted by Crippen LogP contribution is -2.29. The number of amides is 1. The Morgan fingerprint density at radius 2 is 1.67 bits per heavy atom. The Labute approximate surface area is 132 Å². The van der Waals surface area contributed by atoms with Gasteiger partial charge in [0.2, 0.25) is 0 Å². The van der Waals surface area contributed by atoms with Gasteiger partial charge < -0.3 is 10.1 Å². The van der Waals surface area contributed by atoms with Crippen molar-refractivity contribution >= 4 is 5.91 Å². The standard InChI is InChI=1S/C14H10F5N3O2/c15-12(16)13(23)22-7-11-20-5-9(6-21-11)8-1-3-10(4-2-8)24-14(17,18)19/h1-6,12H,7H2,(H,22,23). The summed E-state index contributed by atoms with van der Waals surface area (Å²) in [5.74, 6) is -1.67. The Morgan fingerprint density at radius 3 is 2.17 bits per heavy atom. The summed E-state index contributed by atoms with van der Waals surface area (Å²) < 4.78 is 64.0. The summed E-state index contributed by atoms with van der Waals surface area (Å²) in [5, 5.41) is 1.95. The zero-order chi connectivity index (χ0) is 17.7. The molecule has 1 heterocycles. The first-order chi connectivity index (χ1) is 11.2. The predicted octanol–water partition coefficient (Wildman–Crippen LogP) is 2.92. The molecule has 0 unspecified atom stereocenters. The van der Waals surface area contributed by atoms with Gasteiger partial charge in [0.1, 0.15) is 11.6 Å². The second-order valence-electron chi connectivity index (χ2n) is 4.48. The first-order valence-electron chi connectivity index (χ1n) is 6.47. The van der Waals surface area contributed by atoms with Crippen LogP contribution in [-0.2, 0) is 11.3 Å². The van der Waals surface area contributed by atoms with Crippen molar-refractivity contribution in [1.29, 1.82) is 0 Å². The van der Waals surface area contributed by atoms with Gasteiger partial charge in [-0.3, -0.25) is 4.79 Å². The van der Waals surface area contributed by atoms with Crippen LogP contribution in [0.2, 0.25) is 0 Å². The van der Waals surface area contributed by atoms with Gasteiger partial charge in [-0.2, -0.15) is 8.78 Å². The number of rotatable bonds is 5. The molecule has 0 atom stereocenters. The van der Waals surface area contributed by atoms with Gasteiger partial charge in [-0.25, -0.2) is 9.97 Å². The average Bonchev–Trinajstić information content (AvgIpc) is 2.52. The van der Waals surface area contributed by atoms with Crippen LogP contribution in [-0.4, -0.2) is 28.7 Å². The zero-order valence-corrected chi connectivity index (χ0v) is 11.8. The Bertz CT molecular complexity index is 687. The second kappa shape index (κ2) is 7.20. The number of nitrogens with one attached hydrogen (secondary N) is 1. The van der Waals surface area contributed by atoms with E-state index >= 15 is 0 Å². The van der Waals surface area contributed by atoms with Crippen LogP contribution < -0.4 is 10.1 Å². The van der Waals surface area contributed by atoms with Gasteiger partial charge in [0.05, 0.1) is 6.54 Å². The number of nitrogens with zero attached hydrogens (tertiary/aromatic N) is 2. The van der Waals surface area contributed by atoms with Gasteiger partial charge >= 0.3 is 12.8 Å². The zero-order valence-electron chi connectivity index (χ0n) is 11.8. The van der Waals surface area contributed by atoms with Crippen LogP contribution in [0.3, 0.4) is 0 Å². The highest BCUT2D eigenvalue weighted by atomic mass is 19.4. The van der Waals surface area contributed by atoms with Gasteiger partial charge in [-0.05, 0) is 17.7 Å². The molecule has 128 valence electrons. The first kappa shape index (κ1) is 17.6. The summed E-state index contributed by atoms with van der Waals surface area (Å²) in [6.07, 6.45) is -5.18. The van der Waals surface area contributed by atoms with Gasteiger partial charge in [-0.1, -0.05) is 12.1 Å². The topological polar surface area (TPSA) is 64.1 Å².